The molecule has 1 saturated heterocycles. The van der Waals surface area contributed by atoms with Gasteiger partial charge in [0.25, 0.3) is 0 Å². The number of nitrogens with one attached hydrogen (secondary N) is 2. The lowest BCUT2D eigenvalue weighted by Crippen LogP contribution is -2.60. The molecule has 3 aromatic rings. The molecule has 1 fully saturated rings. The maximum absolute atomic E-state index is 13.5. The molecule has 0 radical (unpaired) electrons. The predicted molar refractivity (Wildman–Crippen MR) is 161 cm³/mol. The molecule has 42 heavy (non-hydrogen) atoms. The van der Waals surface area contributed by atoms with Crippen molar-refractivity contribution in [2.24, 2.45) is 5.92 Å². The third-order valence-electron chi connectivity index (χ3n) is 8.35. The van der Waals surface area contributed by atoms with E-state index >= 15 is 0 Å². The first-order valence-electron chi connectivity index (χ1n) is 14.7. The molecule has 2 aliphatic rings. The maximum Gasteiger partial charge on any atom is 0.407 e. The van der Waals surface area contributed by atoms with Gasteiger partial charge in [-0.2, -0.15) is 0 Å². The topological polar surface area (TPSA) is 108 Å². The summed E-state index contributed by atoms with van der Waals surface area (Å²) in [7, 11) is 0. The van der Waals surface area contributed by atoms with Gasteiger partial charge in [0.2, 0.25) is 5.91 Å². The fraction of sp³-hybridized carbons (Fsp3) is 0.382. The average molecular weight is 570 g/mol. The van der Waals surface area contributed by atoms with E-state index in [0.717, 1.165) is 27.8 Å². The van der Waals surface area contributed by atoms with Gasteiger partial charge in [-0.3, -0.25) is 9.69 Å². The number of aliphatic carboxylic acids is 1. The van der Waals surface area contributed by atoms with Crippen LogP contribution in [0.1, 0.15) is 55.7 Å². The number of carbonyl (C=O) groups is 3. The lowest BCUT2D eigenvalue weighted by molar-refractivity contribution is -0.147. The molecule has 1 aliphatic heterocycles. The van der Waals surface area contributed by atoms with Crippen molar-refractivity contribution < 1.29 is 24.2 Å². The van der Waals surface area contributed by atoms with Gasteiger partial charge >= 0.3 is 12.1 Å². The van der Waals surface area contributed by atoms with E-state index in [4.69, 9.17) is 4.74 Å². The summed E-state index contributed by atoms with van der Waals surface area (Å²) in [6.45, 7) is 5.54. The van der Waals surface area contributed by atoms with E-state index in [-0.39, 0.29) is 25.5 Å². The third-order valence-corrected chi connectivity index (χ3v) is 8.35. The third kappa shape index (κ3) is 6.49. The van der Waals surface area contributed by atoms with E-state index < -0.39 is 29.6 Å². The molecular weight excluding hydrogens is 530 g/mol. The van der Waals surface area contributed by atoms with Gasteiger partial charge < -0.3 is 20.5 Å². The largest absolute Gasteiger partial charge is 0.479 e. The number of carboxylic acids is 1. The Kier molecular flexibility index (Phi) is 8.92. The van der Waals surface area contributed by atoms with Crippen LogP contribution in [0.3, 0.4) is 0 Å². The predicted octanol–water partition coefficient (Wildman–Crippen LogP) is 5.18. The number of carboxylic acid groups (broad SMARTS) is 1. The second-order valence-electron chi connectivity index (χ2n) is 11.8. The number of nitrogens with zero attached hydrogens (tertiary/aromatic N) is 1. The zero-order chi connectivity index (χ0) is 29.7. The van der Waals surface area contributed by atoms with Crippen LogP contribution in [-0.2, 0) is 20.9 Å². The Hall–Kier alpha value is -4.17. The van der Waals surface area contributed by atoms with Gasteiger partial charge in [0.15, 0.2) is 5.54 Å². The van der Waals surface area contributed by atoms with Gasteiger partial charge in [-0.05, 0) is 53.0 Å². The van der Waals surface area contributed by atoms with Gasteiger partial charge in [-0.15, -0.1) is 0 Å². The zero-order valence-electron chi connectivity index (χ0n) is 24.2. The fourth-order valence-electron chi connectivity index (χ4n) is 6.07. The Morgan fingerprint density at radius 3 is 2.17 bits per heavy atom. The summed E-state index contributed by atoms with van der Waals surface area (Å²) in [5.41, 5.74) is 4.12. The molecule has 5 rings (SSSR count). The number of hydrogen-bond donors (Lipinski definition) is 3. The highest BCUT2D eigenvalue weighted by molar-refractivity contribution is 5.91. The second-order valence-corrected chi connectivity index (χ2v) is 11.8. The average Bonchev–Trinajstić information content (AvgIpc) is 3.54. The van der Waals surface area contributed by atoms with Crippen LogP contribution in [-0.4, -0.2) is 59.3 Å². The monoisotopic (exact) mass is 569 g/mol. The van der Waals surface area contributed by atoms with E-state index in [1.165, 1.54) is 0 Å². The van der Waals surface area contributed by atoms with Gasteiger partial charge in [0.05, 0.1) is 0 Å². The lowest BCUT2D eigenvalue weighted by atomic mass is 9.96. The van der Waals surface area contributed by atoms with Crippen LogP contribution >= 0.6 is 0 Å². The standard InChI is InChI=1S/C34H39N3O5/c1-23(2)16-17-30(31(38)36-34(32(39)40)18-19-37(22-34)20-24-10-4-3-5-11-24)35-33(41)42-21-29-27-14-8-6-12-25(27)26-13-7-9-15-28(26)29/h3-15,23,29-30H,16-22H2,1-2H3,(H,35,41)(H,36,38)(H,39,40). The van der Waals surface area contributed by atoms with E-state index in [2.05, 4.69) is 22.8 Å². The molecule has 2 unspecified atom stereocenters. The normalized spacial score (nSPS) is 18.7. The Morgan fingerprint density at radius 2 is 1.55 bits per heavy atom. The summed E-state index contributed by atoms with van der Waals surface area (Å²) < 4.78 is 5.70. The fourth-order valence-corrected chi connectivity index (χ4v) is 6.07. The minimum Gasteiger partial charge on any atom is -0.479 e. The highest BCUT2D eigenvalue weighted by Gasteiger charge is 2.47. The van der Waals surface area contributed by atoms with Crippen LogP contribution < -0.4 is 10.6 Å². The van der Waals surface area contributed by atoms with Crippen LogP contribution in [0.5, 0.6) is 0 Å². The quantitative estimate of drug-likeness (QED) is 0.294. The zero-order valence-corrected chi connectivity index (χ0v) is 24.2. The molecule has 1 heterocycles. The van der Waals surface area contributed by atoms with E-state index in [9.17, 15) is 19.5 Å². The maximum atomic E-state index is 13.5. The molecule has 2 amide bonds. The van der Waals surface area contributed by atoms with Crippen molar-refractivity contribution in [2.45, 2.75) is 57.2 Å². The first-order chi connectivity index (χ1) is 20.3. The van der Waals surface area contributed by atoms with Crippen molar-refractivity contribution in [1.29, 1.82) is 0 Å². The Labute approximate surface area is 247 Å². The van der Waals surface area contributed by atoms with Crippen LogP contribution in [0.2, 0.25) is 0 Å². The van der Waals surface area contributed by atoms with Gasteiger partial charge in [0.1, 0.15) is 12.6 Å². The lowest BCUT2D eigenvalue weighted by Gasteiger charge is -2.29. The number of fused-ring (bicyclic) bond motifs is 3. The van der Waals surface area contributed by atoms with Crippen molar-refractivity contribution in [1.82, 2.24) is 15.5 Å². The summed E-state index contributed by atoms with van der Waals surface area (Å²) >= 11 is 0. The summed E-state index contributed by atoms with van der Waals surface area (Å²) in [5, 5.41) is 15.7. The Balaban J connectivity index is 1.24. The molecule has 8 nitrogen and oxygen atoms in total. The summed E-state index contributed by atoms with van der Waals surface area (Å²) in [5.74, 6) is -1.38. The minimum absolute atomic E-state index is 0.101. The molecule has 8 heteroatoms. The molecule has 0 spiro atoms. The smallest absolute Gasteiger partial charge is 0.407 e. The van der Waals surface area contributed by atoms with E-state index in [1.807, 2.05) is 85.5 Å². The van der Waals surface area contributed by atoms with Crippen LogP contribution in [0.15, 0.2) is 78.9 Å². The highest BCUT2D eigenvalue weighted by atomic mass is 16.5. The first-order valence-corrected chi connectivity index (χ1v) is 14.7. The first kappa shape index (κ1) is 29.3. The SMILES string of the molecule is CC(C)CCC(NC(=O)OCC1c2ccccc2-c2ccccc21)C(=O)NC1(C(=O)O)CCN(Cc2ccccc2)C1. The van der Waals surface area contributed by atoms with Crippen LogP contribution in [0.4, 0.5) is 4.79 Å². The summed E-state index contributed by atoms with van der Waals surface area (Å²) in [6.07, 6.45) is 0.643. The molecule has 0 aromatic heterocycles. The number of amides is 2. The van der Waals surface area contributed by atoms with Crippen molar-refractivity contribution in [3.63, 3.8) is 0 Å². The molecule has 3 N–H and O–H groups in total. The summed E-state index contributed by atoms with van der Waals surface area (Å²) in [4.78, 5) is 41.1. The molecule has 0 bridgehead atoms. The number of benzene rings is 3. The van der Waals surface area contributed by atoms with Gasteiger partial charge in [-0.25, -0.2) is 9.59 Å². The van der Waals surface area contributed by atoms with Crippen molar-refractivity contribution >= 4 is 18.0 Å². The molecule has 0 saturated carbocycles. The molecular formula is C34H39N3O5. The van der Waals surface area contributed by atoms with Crippen molar-refractivity contribution in [2.75, 3.05) is 19.7 Å². The summed E-state index contributed by atoms with van der Waals surface area (Å²) in [6, 6.07) is 25.1. The highest BCUT2D eigenvalue weighted by Crippen LogP contribution is 2.44. The molecule has 1 aliphatic carbocycles. The number of hydrogen-bond acceptors (Lipinski definition) is 5. The molecule has 3 aromatic carbocycles. The van der Waals surface area contributed by atoms with Crippen LogP contribution in [0, 0.1) is 5.92 Å². The number of rotatable bonds is 11. The van der Waals surface area contributed by atoms with Crippen molar-refractivity contribution in [3.8, 4) is 11.1 Å². The molecule has 220 valence electrons. The van der Waals surface area contributed by atoms with Gasteiger partial charge in [0, 0.05) is 25.6 Å². The Morgan fingerprint density at radius 1 is 0.929 bits per heavy atom. The van der Waals surface area contributed by atoms with E-state index in [1.54, 1.807) is 0 Å². The van der Waals surface area contributed by atoms with Crippen molar-refractivity contribution in [3.05, 3.63) is 95.6 Å². The van der Waals surface area contributed by atoms with Crippen LogP contribution in [0.25, 0.3) is 11.1 Å². The molecule has 2 atom stereocenters. The number of ether oxygens (including phenoxy) is 1. The Bertz CT molecular complexity index is 1380. The number of alkyl carbamates (subject to hydrolysis) is 1. The second kappa shape index (κ2) is 12.8. The minimum atomic E-state index is -1.43. The number of likely N-dealkylation sites (tertiary alicyclic amines) is 1. The number of carbonyl (C=O) groups excluding carboxylic acids is 2. The van der Waals surface area contributed by atoms with Gasteiger partial charge in [-0.1, -0.05) is 92.7 Å². The van der Waals surface area contributed by atoms with E-state index in [0.29, 0.717) is 31.8 Å².